The van der Waals surface area contributed by atoms with Crippen LogP contribution in [0, 0.1) is 11.3 Å². The van der Waals surface area contributed by atoms with Crippen molar-refractivity contribution in [2.75, 3.05) is 5.32 Å². The van der Waals surface area contributed by atoms with Gasteiger partial charge in [-0.15, -0.1) is 0 Å². The number of amides is 1. The van der Waals surface area contributed by atoms with E-state index in [2.05, 4.69) is 10.3 Å². The molecule has 96 valence electrons. The van der Waals surface area contributed by atoms with Gasteiger partial charge in [0, 0.05) is 11.6 Å². The number of pyridine rings is 1. The lowest BCUT2D eigenvalue weighted by Gasteiger charge is -2.02. The van der Waals surface area contributed by atoms with Crippen LogP contribution in [0.5, 0.6) is 0 Å². The van der Waals surface area contributed by atoms with Crippen LogP contribution in [-0.4, -0.2) is 10.9 Å². The molecule has 3 aromatic rings. The molecule has 1 N–H and O–H groups in total. The van der Waals surface area contributed by atoms with E-state index in [0.29, 0.717) is 22.5 Å². The molecular weight excluding hydrogens is 254 g/mol. The van der Waals surface area contributed by atoms with Crippen molar-refractivity contribution in [1.29, 1.82) is 5.26 Å². The highest BCUT2D eigenvalue weighted by atomic mass is 16.3. The number of hydrogen-bond donors (Lipinski definition) is 1. The standard InChI is InChI=1S/C15H9N3O2/c16-7-10-5-6-14(17-8-10)18-15(19)12-9-20-13-4-2-1-3-11(12)13/h1-6,8-9H,(H,17,18,19). The summed E-state index contributed by atoms with van der Waals surface area (Å²) in [4.78, 5) is 16.2. The minimum absolute atomic E-state index is 0.299. The van der Waals surface area contributed by atoms with E-state index in [1.165, 1.54) is 12.5 Å². The number of nitrogens with one attached hydrogen (secondary N) is 1. The van der Waals surface area contributed by atoms with Gasteiger partial charge < -0.3 is 9.73 Å². The van der Waals surface area contributed by atoms with Crippen molar-refractivity contribution in [3.05, 3.63) is 60.0 Å². The molecule has 0 saturated carbocycles. The number of carbonyl (C=O) groups is 1. The predicted octanol–water partition coefficient (Wildman–Crippen LogP) is 2.95. The lowest BCUT2D eigenvalue weighted by molar-refractivity contribution is 0.102. The second kappa shape index (κ2) is 4.86. The van der Waals surface area contributed by atoms with Crippen LogP contribution >= 0.6 is 0 Å². The van der Waals surface area contributed by atoms with Crippen molar-refractivity contribution in [1.82, 2.24) is 4.98 Å². The maximum Gasteiger partial charge on any atom is 0.260 e. The minimum atomic E-state index is -0.299. The topological polar surface area (TPSA) is 78.9 Å². The van der Waals surface area contributed by atoms with E-state index in [0.717, 1.165) is 5.39 Å². The first-order valence-electron chi connectivity index (χ1n) is 5.91. The fraction of sp³-hybridized carbons (Fsp3) is 0. The van der Waals surface area contributed by atoms with Gasteiger partial charge in [0.1, 0.15) is 23.7 Å². The van der Waals surface area contributed by atoms with Crippen LogP contribution in [0.4, 0.5) is 5.82 Å². The molecule has 0 saturated heterocycles. The van der Waals surface area contributed by atoms with Crippen LogP contribution in [0.25, 0.3) is 11.0 Å². The molecule has 0 spiro atoms. The first-order chi connectivity index (χ1) is 9.78. The molecule has 1 amide bonds. The third-order valence-electron chi connectivity index (χ3n) is 2.86. The summed E-state index contributed by atoms with van der Waals surface area (Å²) in [5.41, 5.74) is 1.55. The summed E-state index contributed by atoms with van der Waals surface area (Å²) in [6.07, 6.45) is 2.83. The quantitative estimate of drug-likeness (QED) is 0.770. The second-order valence-electron chi connectivity index (χ2n) is 4.14. The number of aromatic nitrogens is 1. The van der Waals surface area contributed by atoms with Gasteiger partial charge in [-0.25, -0.2) is 4.98 Å². The summed E-state index contributed by atoms with van der Waals surface area (Å²) >= 11 is 0. The summed E-state index contributed by atoms with van der Waals surface area (Å²) in [6.45, 7) is 0. The van der Waals surface area contributed by atoms with Crippen LogP contribution in [0.15, 0.2) is 53.3 Å². The molecule has 0 atom stereocenters. The van der Waals surface area contributed by atoms with Gasteiger partial charge in [0.2, 0.25) is 0 Å². The maximum atomic E-state index is 12.2. The molecule has 5 nitrogen and oxygen atoms in total. The van der Waals surface area contributed by atoms with Crippen LogP contribution in [-0.2, 0) is 0 Å². The van der Waals surface area contributed by atoms with Crippen molar-refractivity contribution in [3.63, 3.8) is 0 Å². The van der Waals surface area contributed by atoms with Crippen LogP contribution in [0.3, 0.4) is 0 Å². The molecule has 20 heavy (non-hydrogen) atoms. The van der Waals surface area contributed by atoms with Gasteiger partial charge in [-0.05, 0) is 18.2 Å². The Balaban J connectivity index is 1.87. The summed E-state index contributed by atoms with van der Waals surface area (Å²) in [5, 5.41) is 12.1. The molecule has 3 rings (SSSR count). The van der Waals surface area contributed by atoms with E-state index in [-0.39, 0.29) is 5.91 Å². The number of benzene rings is 1. The number of para-hydroxylation sites is 1. The fourth-order valence-corrected chi connectivity index (χ4v) is 1.87. The van der Waals surface area contributed by atoms with E-state index >= 15 is 0 Å². The van der Waals surface area contributed by atoms with Gasteiger partial charge in [0.25, 0.3) is 5.91 Å². The molecule has 0 aliphatic carbocycles. The predicted molar refractivity (Wildman–Crippen MR) is 73.1 cm³/mol. The second-order valence-corrected chi connectivity index (χ2v) is 4.14. The zero-order valence-corrected chi connectivity index (χ0v) is 10.3. The molecule has 0 fully saturated rings. The lowest BCUT2D eigenvalue weighted by atomic mass is 10.1. The molecule has 5 heteroatoms. The number of nitriles is 1. The van der Waals surface area contributed by atoms with Gasteiger partial charge in [-0.2, -0.15) is 5.26 Å². The smallest absolute Gasteiger partial charge is 0.260 e. The Hall–Kier alpha value is -3.13. The lowest BCUT2D eigenvalue weighted by Crippen LogP contribution is -2.12. The molecule has 0 radical (unpaired) electrons. The normalized spacial score (nSPS) is 10.2. The van der Waals surface area contributed by atoms with E-state index in [1.807, 2.05) is 24.3 Å². The summed E-state index contributed by atoms with van der Waals surface area (Å²) < 4.78 is 5.32. The first-order valence-corrected chi connectivity index (χ1v) is 5.91. The van der Waals surface area contributed by atoms with Crippen molar-refractivity contribution >= 4 is 22.7 Å². The Morgan fingerprint density at radius 1 is 1.25 bits per heavy atom. The van der Waals surface area contributed by atoms with E-state index in [4.69, 9.17) is 9.68 Å². The van der Waals surface area contributed by atoms with Crippen molar-refractivity contribution in [2.45, 2.75) is 0 Å². The van der Waals surface area contributed by atoms with Crippen LogP contribution in [0.2, 0.25) is 0 Å². The summed E-state index contributed by atoms with van der Waals surface area (Å²) in [5.74, 6) is 0.0893. The minimum Gasteiger partial charge on any atom is -0.463 e. The SMILES string of the molecule is N#Cc1ccc(NC(=O)c2coc3ccccc23)nc1. The Bertz CT molecular complexity index is 813. The third-order valence-corrected chi connectivity index (χ3v) is 2.86. The number of anilines is 1. The van der Waals surface area contributed by atoms with Crippen LogP contribution in [0.1, 0.15) is 15.9 Å². The van der Waals surface area contributed by atoms with E-state index < -0.39 is 0 Å². The number of hydrogen-bond acceptors (Lipinski definition) is 4. The summed E-state index contributed by atoms with van der Waals surface area (Å²) in [7, 11) is 0. The number of furan rings is 1. The van der Waals surface area contributed by atoms with Crippen LogP contribution < -0.4 is 5.32 Å². The Morgan fingerprint density at radius 3 is 2.85 bits per heavy atom. The first kappa shape index (κ1) is 11.9. The number of nitrogens with zero attached hydrogens (tertiary/aromatic N) is 2. The summed E-state index contributed by atoms with van der Waals surface area (Å²) in [6, 6.07) is 12.4. The molecule has 0 unspecified atom stereocenters. The van der Waals surface area contributed by atoms with Crippen molar-refractivity contribution < 1.29 is 9.21 Å². The fourth-order valence-electron chi connectivity index (χ4n) is 1.87. The maximum absolute atomic E-state index is 12.2. The highest BCUT2D eigenvalue weighted by Gasteiger charge is 2.13. The molecule has 1 aromatic carbocycles. The molecule has 0 bridgehead atoms. The number of carbonyl (C=O) groups excluding carboxylic acids is 1. The number of rotatable bonds is 2. The van der Waals surface area contributed by atoms with Gasteiger partial charge in [-0.1, -0.05) is 18.2 Å². The average molecular weight is 263 g/mol. The molecule has 2 aromatic heterocycles. The van der Waals surface area contributed by atoms with Gasteiger partial charge in [0.05, 0.1) is 11.1 Å². The zero-order chi connectivity index (χ0) is 13.9. The molecule has 0 aliphatic rings. The Kier molecular flexibility index (Phi) is 2.90. The highest BCUT2D eigenvalue weighted by molar-refractivity contribution is 6.11. The van der Waals surface area contributed by atoms with Gasteiger partial charge in [0.15, 0.2) is 0 Å². The number of fused-ring (bicyclic) bond motifs is 1. The largest absolute Gasteiger partial charge is 0.463 e. The van der Waals surface area contributed by atoms with Gasteiger partial charge >= 0.3 is 0 Å². The molecular formula is C15H9N3O2. The molecule has 0 aliphatic heterocycles. The average Bonchev–Trinajstić information content (AvgIpc) is 2.92. The van der Waals surface area contributed by atoms with E-state index in [9.17, 15) is 4.79 Å². The van der Waals surface area contributed by atoms with E-state index in [1.54, 1.807) is 18.2 Å². The third kappa shape index (κ3) is 2.10. The zero-order valence-electron chi connectivity index (χ0n) is 10.3. The monoisotopic (exact) mass is 263 g/mol. The highest BCUT2D eigenvalue weighted by Crippen LogP contribution is 2.21. The van der Waals surface area contributed by atoms with Crippen molar-refractivity contribution in [3.8, 4) is 6.07 Å². The van der Waals surface area contributed by atoms with Crippen molar-refractivity contribution in [2.24, 2.45) is 0 Å². The Morgan fingerprint density at radius 2 is 2.10 bits per heavy atom. The van der Waals surface area contributed by atoms with Gasteiger partial charge in [-0.3, -0.25) is 4.79 Å². The molecule has 2 heterocycles. The Labute approximate surface area is 114 Å².